The lowest BCUT2D eigenvalue weighted by atomic mass is 9.97. The van der Waals surface area contributed by atoms with Crippen LogP contribution >= 0.6 is 11.6 Å². The molecule has 1 atom stereocenters. The van der Waals surface area contributed by atoms with Crippen LogP contribution in [0, 0.1) is 18.7 Å². The molecule has 1 N–H and O–H groups in total. The fraction of sp³-hybridized carbons (Fsp3) is 0.333. The molecule has 158 valence electrons. The van der Waals surface area contributed by atoms with Gasteiger partial charge in [-0.1, -0.05) is 36.7 Å². The molecular weight excluding hydrogens is 403 g/mol. The first-order chi connectivity index (χ1) is 14.4. The molecular formula is C24H26ClFN2O2. The van der Waals surface area contributed by atoms with Crippen molar-refractivity contribution in [1.82, 2.24) is 5.32 Å². The smallest absolute Gasteiger partial charge is 0.239 e. The first kappa shape index (κ1) is 22.0. The van der Waals surface area contributed by atoms with Crippen molar-refractivity contribution >= 4 is 34.7 Å². The topological polar surface area (TPSA) is 49.4 Å². The van der Waals surface area contributed by atoms with Crippen molar-refractivity contribution in [2.24, 2.45) is 5.92 Å². The van der Waals surface area contributed by atoms with Crippen molar-refractivity contribution in [2.75, 3.05) is 18.0 Å². The van der Waals surface area contributed by atoms with Gasteiger partial charge in [-0.15, -0.1) is 0 Å². The maximum atomic E-state index is 13.5. The highest BCUT2D eigenvalue weighted by Crippen LogP contribution is 2.27. The van der Waals surface area contributed by atoms with Crippen LogP contribution in [-0.2, 0) is 9.59 Å². The van der Waals surface area contributed by atoms with Crippen molar-refractivity contribution in [1.29, 1.82) is 0 Å². The SMILES string of the molecule is CC/C=C(/CCNC(=O)C1CCN(c2cccc(F)c2)C1=O)c1cc(Cl)ccc1C. The number of amides is 2. The molecule has 1 heterocycles. The lowest BCUT2D eigenvalue weighted by Gasteiger charge is -2.17. The van der Waals surface area contributed by atoms with Crippen LogP contribution in [0.3, 0.4) is 0 Å². The van der Waals surface area contributed by atoms with Crippen LogP contribution in [0.2, 0.25) is 5.02 Å². The maximum Gasteiger partial charge on any atom is 0.239 e. The number of hydrogen-bond donors (Lipinski definition) is 1. The molecule has 4 nitrogen and oxygen atoms in total. The highest BCUT2D eigenvalue weighted by Gasteiger charge is 2.37. The Labute approximate surface area is 181 Å². The number of carbonyl (C=O) groups excluding carboxylic acids is 2. The van der Waals surface area contributed by atoms with Crippen LogP contribution in [0.5, 0.6) is 0 Å². The minimum absolute atomic E-state index is 0.280. The van der Waals surface area contributed by atoms with Crippen molar-refractivity contribution in [3.63, 3.8) is 0 Å². The van der Waals surface area contributed by atoms with Gasteiger partial charge in [-0.3, -0.25) is 9.59 Å². The summed E-state index contributed by atoms with van der Waals surface area (Å²) in [6.45, 7) is 4.94. The molecule has 0 aliphatic carbocycles. The van der Waals surface area contributed by atoms with E-state index >= 15 is 0 Å². The number of hydrogen-bond acceptors (Lipinski definition) is 2. The number of nitrogens with one attached hydrogen (secondary N) is 1. The van der Waals surface area contributed by atoms with E-state index in [0.29, 0.717) is 36.6 Å². The molecule has 0 radical (unpaired) electrons. The van der Waals surface area contributed by atoms with Crippen LogP contribution in [0.25, 0.3) is 5.57 Å². The molecule has 1 aliphatic heterocycles. The van der Waals surface area contributed by atoms with Gasteiger partial charge in [0.05, 0.1) is 0 Å². The molecule has 1 aliphatic rings. The van der Waals surface area contributed by atoms with E-state index in [4.69, 9.17) is 11.6 Å². The van der Waals surface area contributed by atoms with Gasteiger partial charge in [0.2, 0.25) is 11.8 Å². The average molecular weight is 429 g/mol. The molecule has 6 heteroatoms. The Balaban J connectivity index is 1.60. The van der Waals surface area contributed by atoms with E-state index < -0.39 is 11.7 Å². The number of halogens is 2. The molecule has 30 heavy (non-hydrogen) atoms. The first-order valence-corrected chi connectivity index (χ1v) is 10.6. The average Bonchev–Trinajstić information content (AvgIpc) is 3.10. The molecule has 2 aromatic rings. The third kappa shape index (κ3) is 5.08. The molecule has 1 fully saturated rings. The van der Waals surface area contributed by atoms with E-state index in [1.54, 1.807) is 12.1 Å². The van der Waals surface area contributed by atoms with E-state index in [9.17, 15) is 14.0 Å². The van der Waals surface area contributed by atoms with Gasteiger partial charge < -0.3 is 10.2 Å². The zero-order valence-electron chi connectivity index (χ0n) is 17.3. The van der Waals surface area contributed by atoms with E-state index in [2.05, 4.69) is 18.3 Å². The van der Waals surface area contributed by atoms with Gasteiger partial charge in [0.25, 0.3) is 0 Å². The Morgan fingerprint density at radius 1 is 1.30 bits per heavy atom. The molecule has 2 amide bonds. The van der Waals surface area contributed by atoms with E-state index in [1.807, 2.05) is 25.1 Å². The summed E-state index contributed by atoms with van der Waals surface area (Å²) >= 11 is 6.16. The van der Waals surface area contributed by atoms with Crippen LogP contribution in [0.4, 0.5) is 10.1 Å². The molecule has 0 saturated carbocycles. The van der Waals surface area contributed by atoms with Crippen molar-refractivity contribution in [2.45, 2.75) is 33.1 Å². The van der Waals surface area contributed by atoms with Gasteiger partial charge in [0.15, 0.2) is 0 Å². The number of benzene rings is 2. The van der Waals surface area contributed by atoms with Crippen LogP contribution in [0.15, 0.2) is 48.5 Å². The second kappa shape index (κ2) is 9.90. The number of carbonyl (C=O) groups is 2. The third-order valence-corrected chi connectivity index (χ3v) is 5.57. The Morgan fingerprint density at radius 3 is 2.83 bits per heavy atom. The summed E-state index contributed by atoms with van der Waals surface area (Å²) in [6, 6.07) is 11.7. The number of allylic oxidation sites excluding steroid dienone is 1. The molecule has 0 aromatic heterocycles. The lowest BCUT2D eigenvalue weighted by Crippen LogP contribution is -2.37. The second-order valence-electron chi connectivity index (χ2n) is 7.45. The van der Waals surface area contributed by atoms with E-state index in [0.717, 1.165) is 23.1 Å². The summed E-state index contributed by atoms with van der Waals surface area (Å²) in [7, 11) is 0. The fourth-order valence-corrected chi connectivity index (χ4v) is 3.97. The monoisotopic (exact) mass is 428 g/mol. The largest absolute Gasteiger partial charge is 0.355 e. The minimum Gasteiger partial charge on any atom is -0.355 e. The highest BCUT2D eigenvalue weighted by molar-refractivity contribution is 6.30. The Bertz CT molecular complexity index is 973. The number of aryl methyl sites for hydroxylation is 1. The quantitative estimate of drug-likeness (QED) is 0.621. The molecule has 2 aromatic carbocycles. The zero-order chi connectivity index (χ0) is 21.7. The van der Waals surface area contributed by atoms with Gasteiger partial charge >= 0.3 is 0 Å². The molecule has 1 saturated heterocycles. The van der Waals surface area contributed by atoms with E-state index in [1.165, 1.54) is 17.0 Å². The summed E-state index contributed by atoms with van der Waals surface area (Å²) in [5.41, 5.74) is 3.81. The predicted molar refractivity (Wildman–Crippen MR) is 119 cm³/mol. The van der Waals surface area contributed by atoms with Gasteiger partial charge in [0.1, 0.15) is 11.7 Å². The standard InChI is InChI=1S/C24H26ClFN2O2/c1-3-5-17(22-14-18(25)9-8-16(22)2)10-12-27-23(29)21-11-13-28(24(21)30)20-7-4-6-19(26)15-20/h4-9,14-15,21H,3,10-13H2,1-2H3,(H,27,29)/b17-5-. The van der Waals surface area contributed by atoms with Crippen LogP contribution in [0.1, 0.15) is 37.3 Å². The van der Waals surface area contributed by atoms with Gasteiger partial charge in [-0.2, -0.15) is 0 Å². The molecule has 0 bridgehead atoms. The highest BCUT2D eigenvalue weighted by atomic mass is 35.5. The molecule has 1 unspecified atom stereocenters. The zero-order valence-corrected chi connectivity index (χ0v) is 18.0. The van der Waals surface area contributed by atoms with Crippen molar-refractivity contribution < 1.29 is 14.0 Å². The van der Waals surface area contributed by atoms with Gasteiger partial charge in [-0.05, 0) is 73.2 Å². The first-order valence-electron chi connectivity index (χ1n) is 10.2. The Morgan fingerprint density at radius 2 is 2.10 bits per heavy atom. The number of anilines is 1. The maximum absolute atomic E-state index is 13.5. The minimum atomic E-state index is -0.736. The fourth-order valence-electron chi connectivity index (χ4n) is 3.80. The van der Waals surface area contributed by atoms with Crippen molar-refractivity contribution in [3.05, 3.63) is 70.5 Å². The van der Waals surface area contributed by atoms with Crippen molar-refractivity contribution in [3.8, 4) is 0 Å². The normalized spacial score (nSPS) is 16.8. The summed E-state index contributed by atoms with van der Waals surface area (Å²) in [4.78, 5) is 26.8. The summed E-state index contributed by atoms with van der Waals surface area (Å²) in [5, 5.41) is 3.57. The molecule has 3 rings (SSSR count). The Kier molecular flexibility index (Phi) is 7.27. The summed E-state index contributed by atoms with van der Waals surface area (Å²) in [6.07, 6.45) is 4.08. The number of nitrogens with zero attached hydrogens (tertiary/aromatic N) is 1. The summed E-state index contributed by atoms with van der Waals surface area (Å²) in [5.74, 6) is -1.70. The van der Waals surface area contributed by atoms with Crippen LogP contribution in [-0.4, -0.2) is 24.9 Å². The van der Waals surface area contributed by atoms with Gasteiger partial charge in [0, 0.05) is 23.8 Å². The lowest BCUT2D eigenvalue weighted by molar-refractivity contribution is -0.132. The van der Waals surface area contributed by atoms with Gasteiger partial charge in [-0.25, -0.2) is 4.39 Å². The molecule has 0 spiro atoms. The second-order valence-corrected chi connectivity index (χ2v) is 7.89. The Hall–Kier alpha value is -2.66. The van der Waals surface area contributed by atoms with Crippen LogP contribution < -0.4 is 10.2 Å². The van der Waals surface area contributed by atoms with E-state index in [-0.39, 0.29) is 11.8 Å². The number of rotatable bonds is 7. The summed E-state index contributed by atoms with van der Waals surface area (Å²) < 4.78 is 13.5. The third-order valence-electron chi connectivity index (χ3n) is 5.33. The predicted octanol–water partition coefficient (Wildman–Crippen LogP) is 5.14.